The summed E-state index contributed by atoms with van der Waals surface area (Å²) in [7, 11) is 0. The minimum absolute atomic E-state index is 0.131. The van der Waals surface area contributed by atoms with Crippen molar-refractivity contribution in [2.24, 2.45) is 11.8 Å². The van der Waals surface area contributed by atoms with Gasteiger partial charge in [-0.05, 0) is 129 Å². The fourth-order valence-corrected chi connectivity index (χ4v) is 6.23. The summed E-state index contributed by atoms with van der Waals surface area (Å²) in [5.41, 5.74) is 9.15. The van der Waals surface area contributed by atoms with Crippen molar-refractivity contribution in [1.29, 1.82) is 0 Å². The highest BCUT2D eigenvalue weighted by molar-refractivity contribution is 6.05. The third kappa shape index (κ3) is 14.4. The second kappa shape index (κ2) is 24.1. The average Bonchev–Trinajstić information content (AvgIpc) is 3.18. The van der Waals surface area contributed by atoms with Gasteiger partial charge >= 0.3 is 0 Å². The van der Waals surface area contributed by atoms with Crippen LogP contribution >= 0.6 is 0 Å². The van der Waals surface area contributed by atoms with Crippen LogP contribution in [0, 0.1) is 18.8 Å². The standard InChI is InChI=1S/C32H32N2O3.C14H31N.C2H6/c1-5-20(2)22(4)28-17-24(10-9-21(28)3)15-23-7-6-8-26(16-23)32(37)34-27-18-29(35)31(30(36)19-27)25-11-13-33-14-12-25;1-6-10-15(12-14(5)8-3)11-9-13(4)7-2;1-2/h6-14,16-19,35-36H,5,15H2,1-4H3,(H,34,37);13-14H,6-12H2,1-5H3;1-2H3/b22-20-;;. The van der Waals surface area contributed by atoms with E-state index in [4.69, 9.17) is 0 Å². The van der Waals surface area contributed by atoms with Crippen LogP contribution in [0.3, 0.4) is 0 Å². The van der Waals surface area contributed by atoms with Gasteiger partial charge in [-0.2, -0.15) is 0 Å². The van der Waals surface area contributed by atoms with Gasteiger partial charge in [0.25, 0.3) is 5.91 Å². The normalized spacial score (nSPS) is 12.4. The first kappa shape index (κ1) is 45.7. The van der Waals surface area contributed by atoms with E-state index in [1.54, 1.807) is 30.6 Å². The number of rotatable bonds is 16. The Kier molecular flexibility index (Phi) is 20.4. The number of aromatic hydroxyl groups is 2. The van der Waals surface area contributed by atoms with Crippen LogP contribution < -0.4 is 5.32 Å². The van der Waals surface area contributed by atoms with Crippen molar-refractivity contribution in [3.8, 4) is 22.6 Å². The minimum atomic E-state index is -0.320. The monoisotopic (exact) mass is 736 g/mol. The van der Waals surface area contributed by atoms with E-state index >= 15 is 0 Å². The molecule has 1 aromatic heterocycles. The van der Waals surface area contributed by atoms with Gasteiger partial charge in [0.2, 0.25) is 0 Å². The smallest absolute Gasteiger partial charge is 0.255 e. The zero-order chi connectivity index (χ0) is 40.2. The van der Waals surface area contributed by atoms with Crippen LogP contribution in [0.2, 0.25) is 0 Å². The average molecular weight is 736 g/mol. The van der Waals surface area contributed by atoms with Crippen molar-refractivity contribution >= 4 is 17.2 Å². The molecule has 6 nitrogen and oxygen atoms in total. The van der Waals surface area contributed by atoms with E-state index in [1.165, 1.54) is 85.3 Å². The molecule has 0 saturated carbocycles. The molecule has 0 bridgehead atoms. The summed E-state index contributed by atoms with van der Waals surface area (Å²) in [6.45, 7) is 28.1. The number of allylic oxidation sites excluding steroid dienone is 2. The van der Waals surface area contributed by atoms with Crippen LogP contribution in [0.25, 0.3) is 16.7 Å². The molecule has 6 heteroatoms. The lowest BCUT2D eigenvalue weighted by molar-refractivity contribution is 0.102. The molecule has 0 spiro atoms. The first-order valence-corrected chi connectivity index (χ1v) is 20.3. The SMILES string of the molecule is CC.CC/C(C)=C(/C)c1cc(Cc2cccc(C(=O)Nc3cc(O)c(-c4ccncc4)c(O)c3)c2)ccc1C.CCCN(CCC(C)CC)CC(C)CC. The maximum absolute atomic E-state index is 13.0. The van der Waals surface area contributed by atoms with Gasteiger partial charge in [0.15, 0.2) is 0 Å². The van der Waals surface area contributed by atoms with Crippen molar-refractivity contribution in [2.75, 3.05) is 25.0 Å². The number of phenolic OH excluding ortho intramolecular Hbond substituents is 2. The Morgan fingerprint density at radius 3 is 2.04 bits per heavy atom. The molecular weight excluding hydrogens is 667 g/mol. The number of hydrogen-bond acceptors (Lipinski definition) is 5. The Hall–Kier alpha value is -4.42. The largest absolute Gasteiger partial charge is 0.507 e. The minimum Gasteiger partial charge on any atom is -0.507 e. The first-order valence-electron chi connectivity index (χ1n) is 20.3. The van der Waals surface area contributed by atoms with Crippen LogP contribution in [0.15, 0.2) is 84.7 Å². The molecule has 294 valence electrons. The summed E-state index contributed by atoms with van der Waals surface area (Å²) < 4.78 is 0. The Labute approximate surface area is 327 Å². The molecule has 0 aliphatic rings. The molecule has 0 aliphatic heterocycles. The molecule has 1 heterocycles. The number of hydrogen-bond donors (Lipinski definition) is 3. The van der Waals surface area contributed by atoms with Crippen LogP contribution in [-0.4, -0.2) is 45.6 Å². The number of benzene rings is 3. The van der Waals surface area contributed by atoms with E-state index in [0.717, 1.165) is 23.8 Å². The predicted molar refractivity (Wildman–Crippen MR) is 232 cm³/mol. The molecule has 2 unspecified atom stereocenters. The number of nitrogens with one attached hydrogen (secondary N) is 1. The number of anilines is 1. The summed E-state index contributed by atoms with van der Waals surface area (Å²) in [5, 5.41) is 23.8. The van der Waals surface area contributed by atoms with Gasteiger partial charge in [0, 0.05) is 42.3 Å². The quantitative estimate of drug-likeness (QED) is 0.107. The molecule has 3 N–H and O–H groups in total. The number of aryl methyl sites for hydroxylation is 1. The molecule has 0 fully saturated rings. The summed E-state index contributed by atoms with van der Waals surface area (Å²) in [5.74, 6) is 1.16. The number of amides is 1. The second-order valence-electron chi connectivity index (χ2n) is 14.5. The first-order chi connectivity index (χ1) is 25.9. The Balaban J connectivity index is 0.000000501. The maximum atomic E-state index is 13.0. The Bertz CT molecular complexity index is 1720. The summed E-state index contributed by atoms with van der Waals surface area (Å²) >= 11 is 0. The number of pyridine rings is 1. The van der Waals surface area contributed by atoms with Gasteiger partial charge in [-0.1, -0.05) is 104 Å². The van der Waals surface area contributed by atoms with Crippen molar-refractivity contribution in [3.05, 3.63) is 113 Å². The molecule has 3 aromatic carbocycles. The molecule has 54 heavy (non-hydrogen) atoms. The third-order valence-electron chi connectivity index (χ3n) is 10.2. The summed E-state index contributed by atoms with van der Waals surface area (Å²) in [6, 6.07) is 20.3. The number of aromatic nitrogens is 1. The van der Waals surface area contributed by atoms with Gasteiger partial charge < -0.3 is 20.4 Å². The lowest BCUT2D eigenvalue weighted by Crippen LogP contribution is -2.31. The van der Waals surface area contributed by atoms with E-state index in [1.807, 2.05) is 32.0 Å². The molecule has 1 amide bonds. The van der Waals surface area contributed by atoms with E-state index in [-0.39, 0.29) is 17.4 Å². The van der Waals surface area contributed by atoms with E-state index in [2.05, 4.69) is 95.7 Å². The molecule has 0 aliphatic carbocycles. The highest BCUT2D eigenvalue weighted by atomic mass is 16.3. The highest BCUT2D eigenvalue weighted by Gasteiger charge is 2.15. The Morgan fingerprint density at radius 2 is 1.44 bits per heavy atom. The van der Waals surface area contributed by atoms with Crippen LogP contribution in [-0.2, 0) is 6.42 Å². The third-order valence-corrected chi connectivity index (χ3v) is 10.2. The molecular formula is C48H69N3O3. The van der Waals surface area contributed by atoms with E-state index in [9.17, 15) is 15.0 Å². The molecule has 4 aromatic rings. The molecule has 0 saturated heterocycles. The van der Waals surface area contributed by atoms with E-state index in [0.29, 0.717) is 28.8 Å². The molecule has 0 radical (unpaired) electrons. The van der Waals surface area contributed by atoms with Gasteiger partial charge in [-0.15, -0.1) is 0 Å². The van der Waals surface area contributed by atoms with Crippen LogP contribution in [0.4, 0.5) is 5.69 Å². The number of carbonyl (C=O) groups is 1. The topological polar surface area (TPSA) is 85.7 Å². The zero-order valence-corrected chi connectivity index (χ0v) is 35.2. The summed E-state index contributed by atoms with van der Waals surface area (Å²) in [4.78, 5) is 19.6. The fraction of sp³-hybridized carbons (Fsp3) is 0.458. The van der Waals surface area contributed by atoms with Gasteiger partial charge in [-0.3, -0.25) is 9.78 Å². The fourth-order valence-electron chi connectivity index (χ4n) is 6.23. The van der Waals surface area contributed by atoms with Crippen molar-refractivity contribution in [2.45, 2.75) is 115 Å². The van der Waals surface area contributed by atoms with Gasteiger partial charge in [0.05, 0.1) is 5.56 Å². The van der Waals surface area contributed by atoms with Crippen molar-refractivity contribution < 1.29 is 15.0 Å². The Morgan fingerprint density at radius 1 is 0.815 bits per heavy atom. The summed E-state index contributed by atoms with van der Waals surface area (Å²) in [6.07, 6.45) is 10.2. The van der Waals surface area contributed by atoms with E-state index < -0.39 is 0 Å². The highest BCUT2D eigenvalue weighted by Crippen LogP contribution is 2.39. The predicted octanol–water partition coefficient (Wildman–Crippen LogP) is 12.7. The van der Waals surface area contributed by atoms with Crippen molar-refractivity contribution in [1.82, 2.24) is 9.88 Å². The van der Waals surface area contributed by atoms with Crippen LogP contribution in [0.5, 0.6) is 11.5 Å². The van der Waals surface area contributed by atoms with Gasteiger partial charge in [-0.25, -0.2) is 0 Å². The lowest BCUT2D eigenvalue weighted by atomic mass is 9.93. The maximum Gasteiger partial charge on any atom is 0.255 e. The zero-order valence-electron chi connectivity index (χ0n) is 35.2. The number of phenols is 2. The number of nitrogens with zero attached hydrogens (tertiary/aromatic N) is 2. The van der Waals surface area contributed by atoms with Crippen LogP contribution in [0.1, 0.15) is 134 Å². The second-order valence-corrected chi connectivity index (χ2v) is 14.5. The molecule has 4 rings (SSSR count). The molecule has 2 atom stereocenters. The number of carbonyl (C=O) groups excluding carboxylic acids is 1. The van der Waals surface area contributed by atoms with Gasteiger partial charge in [0.1, 0.15) is 11.5 Å². The van der Waals surface area contributed by atoms with Crippen molar-refractivity contribution in [3.63, 3.8) is 0 Å². The lowest BCUT2D eigenvalue weighted by Gasteiger charge is -2.25.